The molecule has 7 heteroatoms. The summed E-state index contributed by atoms with van der Waals surface area (Å²) in [6.07, 6.45) is 1.97. The number of ether oxygens (including phenoxy) is 1. The highest BCUT2D eigenvalue weighted by Crippen LogP contribution is 2.20. The van der Waals surface area contributed by atoms with Crippen molar-refractivity contribution in [1.29, 1.82) is 0 Å². The normalized spacial score (nSPS) is 12.4. The first-order valence-electron chi connectivity index (χ1n) is 12.6. The van der Waals surface area contributed by atoms with Gasteiger partial charge in [0.05, 0.1) is 6.61 Å². The number of halogens is 2. The van der Waals surface area contributed by atoms with Gasteiger partial charge in [-0.3, -0.25) is 9.59 Å². The Labute approximate surface area is 229 Å². The minimum Gasteiger partial charge on any atom is -0.494 e. The first-order chi connectivity index (χ1) is 17.9. The maximum absolute atomic E-state index is 13.6. The van der Waals surface area contributed by atoms with Crippen molar-refractivity contribution in [3.8, 4) is 5.75 Å². The third kappa shape index (κ3) is 9.42. The molecule has 3 aromatic carbocycles. The fraction of sp³-hybridized carbons (Fsp3) is 0.333. The van der Waals surface area contributed by atoms with Gasteiger partial charge < -0.3 is 15.0 Å². The topological polar surface area (TPSA) is 58.6 Å². The molecule has 0 aliphatic rings. The Morgan fingerprint density at radius 3 is 2.30 bits per heavy atom. The van der Waals surface area contributed by atoms with Crippen molar-refractivity contribution < 1.29 is 14.3 Å². The van der Waals surface area contributed by atoms with Crippen LogP contribution in [0.3, 0.4) is 0 Å². The quantitative estimate of drug-likeness (QED) is 0.245. The van der Waals surface area contributed by atoms with E-state index in [4.69, 9.17) is 27.9 Å². The van der Waals surface area contributed by atoms with Gasteiger partial charge in [-0.15, -0.1) is 0 Å². The summed E-state index contributed by atoms with van der Waals surface area (Å²) >= 11 is 12.2. The third-order valence-electron chi connectivity index (χ3n) is 6.13. The molecule has 37 heavy (non-hydrogen) atoms. The second-order valence-electron chi connectivity index (χ2n) is 9.08. The van der Waals surface area contributed by atoms with Crippen LogP contribution in [0.1, 0.15) is 44.2 Å². The summed E-state index contributed by atoms with van der Waals surface area (Å²) in [5.74, 6) is 0.424. The highest BCUT2D eigenvalue weighted by atomic mass is 35.5. The van der Waals surface area contributed by atoms with E-state index in [1.54, 1.807) is 35.2 Å². The fourth-order valence-corrected chi connectivity index (χ4v) is 4.25. The summed E-state index contributed by atoms with van der Waals surface area (Å²) in [5, 5.41) is 4.31. The van der Waals surface area contributed by atoms with Crippen LogP contribution in [-0.4, -0.2) is 35.4 Å². The number of benzene rings is 3. The lowest BCUT2D eigenvalue weighted by atomic mass is 10.0. The van der Waals surface area contributed by atoms with Crippen LogP contribution in [0.4, 0.5) is 0 Å². The van der Waals surface area contributed by atoms with Crippen LogP contribution in [0.25, 0.3) is 0 Å². The van der Waals surface area contributed by atoms with Crippen molar-refractivity contribution in [2.75, 3.05) is 6.61 Å². The fourth-order valence-electron chi connectivity index (χ4n) is 3.91. The van der Waals surface area contributed by atoms with E-state index in [1.807, 2.05) is 62.4 Å². The predicted octanol–water partition coefficient (Wildman–Crippen LogP) is 6.71. The first kappa shape index (κ1) is 28.5. The molecule has 0 aliphatic carbocycles. The molecule has 1 N–H and O–H groups in total. The van der Waals surface area contributed by atoms with Gasteiger partial charge in [0.15, 0.2) is 0 Å². The van der Waals surface area contributed by atoms with Crippen LogP contribution < -0.4 is 10.1 Å². The number of carbonyl (C=O) groups is 2. The molecule has 196 valence electrons. The molecule has 0 radical (unpaired) electrons. The Morgan fingerprint density at radius 1 is 0.919 bits per heavy atom. The van der Waals surface area contributed by atoms with Crippen molar-refractivity contribution in [2.45, 2.75) is 58.2 Å². The average Bonchev–Trinajstić information content (AvgIpc) is 2.90. The lowest BCUT2D eigenvalue weighted by Crippen LogP contribution is -2.52. The summed E-state index contributed by atoms with van der Waals surface area (Å²) < 4.78 is 5.77. The van der Waals surface area contributed by atoms with Gasteiger partial charge in [0.2, 0.25) is 11.8 Å². The number of nitrogens with zero attached hydrogens (tertiary/aromatic N) is 1. The van der Waals surface area contributed by atoms with Crippen LogP contribution in [0, 0.1) is 0 Å². The molecule has 0 aliphatic heterocycles. The smallest absolute Gasteiger partial charge is 0.243 e. The molecule has 2 amide bonds. The molecule has 0 bridgehead atoms. The molecule has 0 fully saturated rings. The van der Waals surface area contributed by atoms with Crippen LogP contribution >= 0.6 is 23.2 Å². The first-order valence-corrected chi connectivity index (χ1v) is 13.4. The molecular weight excluding hydrogens is 507 g/mol. The number of carbonyl (C=O) groups excluding carboxylic acids is 2. The molecule has 0 heterocycles. The lowest BCUT2D eigenvalue weighted by Gasteiger charge is -2.32. The summed E-state index contributed by atoms with van der Waals surface area (Å²) in [4.78, 5) is 28.8. The van der Waals surface area contributed by atoms with Gasteiger partial charge >= 0.3 is 0 Å². The maximum atomic E-state index is 13.6. The molecule has 0 aromatic heterocycles. The number of hydrogen-bond acceptors (Lipinski definition) is 3. The molecule has 0 spiro atoms. The number of nitrogens with one attached hydrogen (secondary N) is 1. The van der Waals surface area contributed by atoms with Gasteiger partial charge in [0.25, 0.3) is 0 Å². The van der Waals surface area contributed by atoms with Crippen LogP contribution in [0.15, 0.2) is 78.9 Å². The molecule has 3 rings (SSSR count). The molecule has 0 saturated heterocycles. The zero-order valence-electron chi connectivity index (χ0n) is 21.3. The number of amides is 2. The second-order valence-corrected chi connectivity index (χ2v) is 9.95. The number of hydrogen-bond donors (Lipinski definition) is 1. The van der Waals surface area contributed by atoms with Gasteiger partial charge in [-0.25, -0.2) is 0 Å². The van der Waals surface area contributed by atoms with E-state index in [9.17, 15) is 9.59 Å². The SMILES string of the molecule is CCC(C)NC(=O)C(Cc1ccccc1)N(Cc1cccc(Cl)c1)C(=O)CCCOc1ccc(Cl)cc1. The van der Waals surface area contributed by atoms with E-state index in [1.165, 1.54) is 0 Å². The van der Waals surface area contributed by atoms with E-state index >= 15 is 0 Å². The highest BCUT2D eigenvalue weighted by molar-refractivity contribution is 6.30. The van der Waals surface area contributed by atoms with Crippen molar-refractivity contribution in [3.63, 3.8) is 0 Å². The van der Waals surface area contributed by atoms with Gasteiger partial charge in [-0.05, 0) is 67.3 Å². The Bertz CT molecular complexity index is 1140. The van der Waals surface area contributed by atoms with Crippen molar-refractivity contribution in [3.05, 3.63) is 100 Å². The van der Waals surface area contributed by atoms with E-state index in [0.717, 1.165) is 17.5 Å². The molecule has 5 nitrogen and oxygen atoms in total. The minimum atomic E-state index is -0.667. The molecule has 3 aromatic rings. The Balaban J connectivity index is 1.79. The average molecular weight is 542 g/mol. The number of rotatable bonds is 13. The van der Waals surface area contributed by atoms with E-state index in [-0.39, 0.29) is 30.8 Å². The Morgan fingerprint density at radius 2 is 1.62 bits per heavy atom. The standard InChI is InChI=1S/C30H34Cl2N2O3/c1-3-22(2)33-30(36)28(20-23-9-5-4-6-10-23)34(21-24-11-7-12-26(32)19-24)29(35)13-8-18-37-27-16-14-25(31)15-17-27/h4-7,9-12,14-17,19,22,28H,3,8,13,18,20-21H2,1-2H3,(H,33,36). The maximum Gasteiger partial charge on any atom is 0.243 e. The van der Waals surface area contributed by atoms with E-state index in [0.29, 0.717) is 35.2 Å². The third-order valence-corrected chi connectivity index (χ3v) is 6.62. The van der Waals surface area contributed by atoms with E-state index in [2.05, 4.69) is 5.32 Å². The molecule has 2 atom stereocenters. The molecule has 0 saturated carbocycles. The lowest BCUT2D eigenvalue weighted by molar-refractivity contribution is -0.141. The van der Waals surface area contributed by atoms with Crippen LogP contribution in [0.5, 0.6) is 5.75 Å². The summed E-state index contributed by atoms with van der Waals surface area (Å²) in [6.45, 7) is 4.64. The molecular formula is C30H34Cl2N2O3. The van der Waals surface area contributed by atoms with Crippen molar-refractivity contribution in [1.82, 2.24) is 10.2 Å². The zero-order chi connectivity index (χ0) is 26.6. The van der Waals surface area contributed by atoms with Gasteiger partial charge in [0, 0.05) is 35.5 Å². The summed E-state index contributed by atoms with van der Waals surface area (Å²) in [7, 11) is 0. The highest BCUT2D eigenvalue weighted by Gasteiger charge is 2.30. The molecule has 2 unspecified atom stereocenters. The van der Waals surface area contributed by atoms with Crippen LogP contribution in [0.2, 0.25) is 10.0 Å². The zero-order valence-corrected chi connectivity index (χ0v) is 22.8. The van der Waals surface area contributed by atoms with Crippen molar-refractivity contribution >= 4 is 35.0 Å². The summed E-state index contributed by atoms with van der Waals surface area (Å²) in [5.41, 5.74) is 1.86. The summed E-state index contributed by atoms with van der Waals surface area (Å²) in [6, 6.07) is 23.6. The monoisotopic (exact) mass is 540 g/mol. The predicted molar refractivity (Wildman–Crippen MR) is 150 cm³/mol. The van der Waals surface area contributed by atoms with Gasteiger partial charge in [0.1, 0.15) is 11.8 Å². The van der Waals surface area contributed by atoms with Crippen molar-refractivity contribution in [2.24, 2.45) is 0 Å². The van der Waals surface area contributed by atoms with E-state index < -0.39 is 6.04 Å². The Kier molecular flexibility index (Phi) is 11.3. The second kappa shape index (κ2) is 14.7. The Hall–Kier alpha value is -3.02. The van der Waals surface area contributed by atoms with Crippen LogP contribution in [-0.2, 0) is 22.6 Å². The minimum absolute atomic E-state index is 0.00155. The van der Waals surface area contributed by atoms with Gasteiger partial charge in [-0.1, -0.05) is 72.6 Å². The largest absolute Gasteiger partial charge is 0.494 e. The van der Waals surface area contributed by atoms with Gasteiger partial charge in [-0.2, -0.15) is 0 Å².